The molecule has 0 aliphatic carbocycles. The minimum absolute atomic E-state index is 0.573. The second-order valence-electron chi connectivity index (χ2n) is 4.47. The summed E-state index contributed by atoms with van der Waals surface area (Å²) in [6, 6.07) is 0.582. The van der Waals surface area contributed by atoms with Crippen LogP contribution in [0.15, 0.2) is 0 Å². The van der Waals surface area contributed by atoms with Gasteiger partial charge in [-0.15, -0.1) is 11.3 Å². The lowest BCUT2D eigenvalue weighted by Crippen LogP contribution is -2.41. The summed E-state index contributed by atoms with van der Waals surface area (Å²) in [6.07, 6.45) is 2.16. The van der Waals surface area contributed by atoms with Crippen LogP contribution in [0.4, 0.5) is 0 Å². The molecule has 1 aliphatic rings. The fourth-order valence-electron chi connectivity index (χ4n) is 2.23. The van der Waals surface area contributed by atoms with Crippen LogP contribution >= 0.6 is 11.3 Å². The fourth-order valence-corrected chi connectivity index (χ4v) is 3.26. The second-order valence-corrected chi connectivity index (χ2v) is 5.76. The van der Waals surface area contributed by atoms with Gasteiger partial charge in [-0.25, -0.2) is 4.98 Å². The van der Waals surface area contributed by atoms with E-state index in [0.717, 1.165) is 26.1 Å². The van der Waals surface area contributed by atoms with Gasteiger partial charge in [-0.2, -0.15) is 0 Å². The van der Waals surface area contributed by atoms with Gasteiger partial charge in [0.1, 0.15) is 0 Å². The van der Waals surface area contributed by atoms with Crippen molar-refractivity contribution in [2.24, 2.45) is 5.92 Å². The summed E-state index contributed by atoms with van der Waals surface area (Å²) >= 11 is 1.83. The summed E-state index contributed by atoms with van der Waals surface area (Å²) in [5, 5.41) is 4.65. The number of nitrogens with zero attached hydrogens (tertiary/aromatic N) is 1. The summed E-state index contributed by atoms with van der Waals surface area (Å²) in [5.74, 6) is 0.573. The molecule has 0 bridgehead atoms. The van der Waals surface area contributed by atoms with Crippen LogP contribution in [0.25, 0.3) is 0 Å². The lowest BCUT2D eigenvalue weighted by Gasteiger charge is -2.30. The van der Waals surface area contributed by atoms with Gasteiger partial charge in [-0.05, 0) is 27.3 Å². The van der Waals surface area contributed by atoms with E-state index in [1.807, 2.05) is 18.4 Å². The van der Waals surface area contributed by atoms with Crippen molar-refractivity contribution in [3.63, 3.8) is 0 Å². The van der Waals surface area contributed by atoms with Crippen molar-refractivity contribution < 1.29 is 4.74 Å². The van der Waals surface area contributed by atoms with E-state index in [1.165, 1.54) is 15.6 Å². The van der Waals surface area contributed by atoms with Crippen molar-refractivity contribution in [2.45, 2.75) is 32.7 Å². The van der Waals surface area contributed by atoms with Gasteiger partial charge in [0.25, 0.3) is 0 Å². The zero-order valence-corrected chi connectivity index (χ0v) is 11.1. The third kappa shape index (κ3) is 2.62. The van der Waals surface area contributed by atoms with Gasteiger partial charge in [0.05, 0.1) is 17.3 Å². The van der Waals surface area contributed by atoms with Gasteiger partial charge in [0.15, 0.2) is 0 Å². The summed E-state index contributed by atoms with van der Waals surface area (Å²) in [6.45, 7) is 5.98. The van der Waals surface area contributed by atoms with Gasteiger partial charge >= 0.3 is 0 Å². The van der Waals surface area contributed by atoms with E-state index in [4.69, 9.17) is 4.74 Å². The first-order valence-electron chi connectivity index (χ1n) is 5.88. The normalized spacial score (nSPS) is 25.9. The largest absolute Gasteiger partial charge is 0.381 e. The van der Waals surface area contributed by atoms with Gasteiger partial charge < -0.3 is 10.1 Å². The van der Waals surface area contributed by atoms with Crippen molar-refractivity contribution in [1.29, 1.82) is 0 Å². The molecule has 0 spiro atoms. The first kappa shape index (κ1) is 12.0. The summed E-state index contributed by atoms with van der Waals surface area (Å²) < 4.78 is 5.56. The molecular formula is C12H20N2OS. The highest BCUT2D eigenvalue weighted by molar-refractivity contribution is 7.11. The van der Waals surface area contributed by atoms with Crippen LogP contribution < -0.4 is 5.32 Å². The third-order valence-corrected chi connectivity index (χ3v) is 4.45. The molecule has 2 rings (SSSR count). The Labute approximate surface area is 101 Å². The van der Waals surface area contributed by atoms with Crippen molar-refractivity contribution in [1.82, 2.24) is 10.3 Å². The van der Waals surface area contributed by atoms with E-state index in [1.54, 1.807) is 0 Å². The van der Waals surface area contributed by atoms with Crippen LogP contribution in [0.5, 0.6) is 0 Å². The van der Waals surface area contributed by atoms with Gasteiger partial charge in [-0.3, -0.25) is 0 Å². The Bertz CT molecular complexity index is 331. The Morgan fingerprint density at radius 2 is 2.31 bits per heavy atom. The maximum Gasteiger partial charge on any atom is 0.0935 e. The Morgan fingerprint density at radius 1 is 1.50 bits per heavy atom. The highest BCUT2D eigenvalue weighted by Gasteiger charge is 2.25. The zero-order valence-electron chi connectivity index (χ0n) is 10.2. The number of aryl methyl sites for hydroxylation is 2. The monoisotopic (exact) mass is 240 g/mol. The summed E-state index contributed by atoms with van der Waals surface area (Å²) in [4.78, 5) is 5.95. The molecule has 16 heavy (non-hydrogen) atoms. The van der Waals surface area contributed by atoms with Crippen molar-refractivity contribution in [3.05, 3.63) is 15.6 Å². The number of aromatic nitrogens is 1. The van der Waals surface area contributed by atoms with Crippen LogP contribution in [0, 0.1) is 19.8 Å². The summed E-state index contributed by atoms with van der Waals surface area (Å²) in [7, 11) is 2.04. The Balaban J connectivity index is 2.02. The third-order valence-electron chi connectivity index (χ3n) is 3.35. The molecule has 0 saturated carbocycles. The van der Waals surface area contributed by atoms with E-state index in [-0.39, 0.29) is 0 Å². The molecule has 2 heterocycles. The van der Waals surface area contributed by atoms with E-state index < -0.39 is 0 Å². The van der Waals surface area contributed by atoms with Crippen LogP contribution in [0.3, 0.4) is 0 Å². The minimum atomic E-state index is 0.573. The predicted octanol–water partition coefficient (Wildman–Crippen LogP) is 1.93. The van der Waals surface area contributed by atoms with Crippen molar-refractivity contribution in [2.75, 3.05) is 20.3 Å². The standard InChI is InChI=1S/C12H20N2OS/c1-8-9(2)16-12(14-8)6-10-7-15-5-4-11(10)13-3/h10-11,13H,4-7H2,1-3H3. The Kier molecular flexibility index (Phi) is 3.95. The number of nitrogens with one attached hydrogen (secondary N) is 1. The van der Waals surface area contributed by atoms with Gasteiger partial charge in [0.2, 0.25) is 0 Å². The molecule has 4 heteroatoms. The molecule has 2 unspecified atom stereocenters. The molecule has 2 atom stereocenters. The average Bonchev–Trinajstić information content (AvgIpc) is 2.59. The molecule has 3 nitrogen and oxygen atoms in total. The van der Waals surface area contributed by atoms with Gasteiger partial charge in [0, 0.05) is 29.9 Å². The lowest BCUT2D eigenvalue weighted by molar-refractivity contribution is 0.0342. The lowest BCUT2D eigenvalue weighted by atomic mass is 9.93. The highest BCUT2D eigenvalue weighted by Crippen LogP contribution is 2.23. The number of hydrogen-bond donors (Lipinski definition) is 1. The minimum Gasteiger partial charge on any atom is -0.381 e. The Hall–Kier alpha value is -0.450. The topological polar surface area (TPSA) is 34.1 Å². The molecule has 0 aromatic carbocycles. The fraction of sp³-hybridized carbons (Fsp3) is 0.750. The quantitative estimate of drug-likeness (QED) is 0.876. The molecule has 1 N–H and O–H groups in total. The second kappa shape index (κ2) is 5.25. The number of rotatable bonds is 3. The molecule has 0 radical (unpaired) electrons. The molecular weight excluding hydrogens is 220 g/mol. The van der Waals surface area contributed by atoms with Crippen molar-refractivity contribution in [3.8, 4) is 0 Å². The van der Waals surface area contributed by atoms with E-state index in [9.17, 15) is 0 Å². The maximum absolute atomic E-state index is 5.56. The molecule has 90 valence electrons. The SMILES string of the molecule is CNC1CCOCC1Cc1nc(C)c(C)s1. The molecule has 1 aliphatic heterocycles. The summed E-state index contributed by atoms with van der Waals surface area (Å²) in [5.41, 5.74) is 1.18. The number of thiazole rings is 1. The highest BCUT2D eigenvalue weighted by atomic mass is 32.1. The first-order valence-corrected chi connectivity index (χ1v) is 6.70. The van der Waals surface area contributed by atoms with Gasteiger partial charge in [-0.1, -0.05) is 0 Å². The van der Waals surface area contributed by atoms with Crippen LogP contribution in [-0.4, -0.2) is 31.3 Å². The van der Waals surface area contributed by atoms with E-state index >= 15 is 0 Å². The zero-order chi connectivity index (χ0) is 11.5. The first-order chi connectivity index (χ1) is 7.70. The molecule has 1 fully saturated rings. The molecule has 1 aromatic rings. The number of ether oxygens (including phenoxy) is 1. The molecule has 1 saturated heterocycles. The maximum atomic E-state index is 5.56. The van der Waals surface area contributed by atoms with E-state index in [2.05, 4.69) is 24.1 Å². The van der Waals surface area contributed by atoms with Crippen LogP contribution in [0.2, 0.25) is 0 Å². The average molecular weight is 240 g/mol. The predicted molar refractivity (Wildman–Crippen MR) is 67.1 cm³/mol. The molecule has 1 aromatic heterocycles. The van der Waals surface area contributed by atoms with Crippen molar-refractivity contribution >= 4 is 11.3 Å². The Morgan fingerprint density at radius 3 is 2.94 bits per heavy atom. The smallest absolute Gasteiger partial charge is 0.0935 e. The van der Waals surface area contributed by atoms with Crippen LogP contribution in [0.1, 0.15) is 22.0 Å². The number of hydrogen-bond acceptors (Lipinski definition) is 4. The molecule has 0 amide bonds. The van der Waals surface area contributed by atoms with Crippen LogP contribution in [-0.2, 0) is 11.2 Å². The van der Waals surface area contributed by atoms with E-state index in [0.29, 0.717) is 12.0 Å².